The van der Waals surface area contributed by atoms with Crippen LogP contribution in [0.4, 0.5) is 0 Å². The number of carbonyl (C=O) groups excluding carboxylic acids is 1. The van der Waals surface area contributed by atoms with Crippen LogP contribution in [0.25, 0.3) is 0 Å². The third-order valence-electron chi connectivity index (χ3n) is 4.72. The zero-order chi connectivity index (χ0) is 15.5. The van der Waals surface area contributed by atoms with Gasteiger partial charge in [0.05, 0.1) is 6.26 Å². The van der Waals surface area contributed by atoms with Gasteiger partial charge in [0, 0.05) is 25.0 Å². The molecule has 0 saturated heterocycles. The molecule has 0 spiro atoms. The minimum Gasteiger partial charge on any atom is -0.337 e. The molecule has 5 nitrogen and oxygen atoms in total. The van der Waals surface area contributed by atoms with E-state index in [-0.39, 0.29) is 18.9 Å². The minimum atomic E-state index is -3.21. The molecular formula is C15H28N2O3S. The molecule has 21 heavy (non-hydrogen) atoms. The molecule has 1 amide bonds. The van der Waals surface area contributed by atoms with Gasteiger partial charge in [-0.1, -0.05) is 13.3 Å². The van der Waals surface area contributed by atoms with E-state index in [4.69, 9.17) is 0 Å². The van der Waals surface area contributed by atoms with Crippen molar-refractivity contribution in [3.63, 3.8) is 0 Å². The van der Waals surface area contributed by atoms with E-state index in [0.717, 1.165) is 37.9 Å². The summed E-state index contributed by atoms with van der Waals surface area (Å²) in [5.74, 6) is 0.943. The smallest absolute Gasteiger partial charge is 0.224 e. The molecule has 2 rings (SSSR count). The zero-order valence-corrected chi connectivity index (χ0v) is 14.0. The largest absolute Gasteiger partial charge is 0.337 e. The lowest BCUT2D eigenvalue weighted by atomic mass is 9.83. The molecule has 2 aliphatic carbocycles. The Labute approximate surface area is 128 Å². The normalized spacial score (nSPS) is 26.6. The fraction of sp³-hybridized carbons (Fsp3) is 0.933. The van der Waals surface area contributed by atoms with Crippen molar-refractivity contribution in [3.05, 3.63) is 0 Å². The van der Waals surface area contributed by atoms with Crippen molar-refractivity contribution in [1.29, 1.82) is 0 Å². The maximum Gasteiger partial charge on any atom is 0.224 e. The van der Waals surface area contributed by atoms with E-state index in [1.165, 1.54) is 19.3 Å². The summed E-state index contributed by atoms with van der Waals surface area (Å²) in [7, 11) is -3.21. The summed E-state index contributed by atoms with van der Waals surface area (Å²) >= 11 is 0. The molecule has 0 heterocycles. The molecule has 122 valence electrons. The van der Waals surface area contributed by atoms with Crippen LogP contribution in [-0.2, 0) is 14.8 Å². The molecule has 0 radical (unpaired) electrons. The Hall–Kier alpha value is -0.620. The zero-order valence-electron chi connectivity index (χ0n) is 13.2. The maximum atomic E-state index is 12.5. The van der Waals surface area contributed by atoms with E-state index in [2.05, 4.69) is 16.5 Å². The summed E-state index contributed by atoms with van der Waals surface area (Å²) in [4.78, 5) is 14.5. The van der Waals surface area contributed by atoms with Crippen LogP contribution in [0.1, 0.15) is 58.3 Å². The second-order valence-electron chi connectivity index (χ2n) is 6.53. The predicted octanol–water partition coefficient (Wildman–Crippen LogP) is 1.89. The van der Waals surface area contributed by atoms with E-state index < -0.39 is 10.0 Å². The number of amides is 1. The lowest BCUT2D eigenvalue weighted by Crippen LogP contribution is -2.44. The van der Waals surface area contributed by atoms with Gasteiger partial charge in [0.15, 0.2) is 0 Å². The maximum absolute atomic E-state index is 12.5. The first-order valence-electron chi connectivity index (χ1n) is 8.16. The van der Waals surface area contributed by atoms with Crippen LogP contribution in [0, 0.1) is 5.92 Å². The third kappa shape index (κ3) is 5.25. The van der Waals surface area contributed by atoms with Gasteiger partial charge in [-0.2, -0.15) is 0 Å². The number of hydrogen-bond donors (Lipinski definition) is 1. The summed E-state index contributed by atoms with van der Waals surface area (Å²) in [6.07, 6.45) is 9.53. The van der Waals surface area contributed by atoms with Crippen molar-refractivity contribution in [2.24, 2.45) is 5.92 Å². The summed E-state index contributed by atoms with van der Waals surface area (Å²) in [5, 5.41) is 0. The highest BCUT2D eigenvalue weighted by atomic mass is 32.2. The number of nitrogens with one attached hydrogen (secondary N) is 1. The highest BCUT2D eigenvalue weighted by Gasteiger charge is 2.38. The molecule has 1 N–H and O–H groups in total. The highest BCUT2D eigenvalue weighted by molar-refractivity contribution is 7.88. The van der Waals surface area contributed by atoms with Gasteiger partial charge in [0.2, 0.25) is 15.9 Å². The van der Waals surface area contributed by atoms with Crippen LogP contribution in [0.3, 0.4) is 0 Å². The van der Waals surface area contributed by atoms with Gasteiger partial charge in [-0.05, 0) is 44.4 Å². The molecule has 0 aromatic heterocycles. The van der Waals surface area contributed by atoms with Gasteiger partial charge < -0.3 is 4.90 Å². The van der Waals surface area contributed by atoms with Crippen molar-refractivity contribution in [3.8, 4) is 0 Å². The lowest BCUT2D eigenvalue weighted by molar-refractivity contribution is -0.135. The molecular weight excluding hydrogens is 288 g/mol. The Morgan fingerprint density at radius 3 is 2.05 bits per heavy atom. The SMILES string of the molecule is CCC1CCC(N(C(=O)CCNS(C)(=O)=O)C2CC2)CC1. The quantitative estimate of drug-likeness (QED) is 0.780. The van der Waals surface area contributed by atoms with Crippen LogP contribution < -0.4 is 4.72 Å². The van der Waals surface area contributed by atoms with E-state index in [0.29, 0.717) is 12.1 Å². The van der Waals surface area contributed by atoms with E-state index in [1.54, 1.807) is 0 Å². The highest BCUT2D eigenvalue weighted by Crippen LogP contribution is 2.36. The summed E-state index contributed by atoms with van der Waals surface area (Å²) < 4.78 is 24.5. The van der Waals surface area contributed by atoms with Gasteiger partial charge in [-0.25, -0.2) is 13.1 Å². The van der Waals surface area contributed by atoms with Crippen LogP contribution in [0.15, 0.2) is 0 Å². The first-order valence-corrected chi connectivity index (χ1v) is 10.1. The van der Waals surface area contributed by atoms with Crippen molar-refractivity contribution in [1.82, 2.24) is 9.62 Å². The molecule has 0 aromatic carbocycles. The Bertz CT molecular complexity index is 452. The Morgan fingerprint density at radius 1 is 1.10 bits per heavy atom. The van der Waals surface area contributed by atoms with E-state index in [1.807, 2.05) is 0 Å². The summed E-state index contributed by atoms with van der Waals surface area (Å²) in [5.41, 5.74) is 0. The first kappa shape index (κ1) is 16.7. The molecule has 0 atom stereocenters. The summed E-state index contributed by atoms with van der Waals surface area (Å²) in [6.45, 7) is 2.46. The number of rotatable bonds is 7. The molecule has 2 fully saturated rings. The lowest BCUT2D eigenvalue weighted by Gasteiger charge is -2.37. The second-order valence-corrected chi connectivity index (χ2v) is 8.36. The van der Waals surface area contributed by atoms with Crippen molar-refractivity contribution >= 4 is 15.9 Å². The molecule has 0 aliphatic heterocycles. The van der Waals surface area contributed by atoms with E-state index in [9.17, 15) is 13.2 Å². The number of sulfonamides is 1. The minimum absolute atomic E-state index is 0.119. The van der Waals surface area contributed by atoms with Crippen molar-refractivity contribution in [2.45, 2.75) is 70.4 Å². The second kappa shape index (κ2) is 7.09. The average Bonchev–Trinajstić information content (AvgIpc) is 3.23. The molecule has 2 aliphatic rings. The van der Waals surface area contributed by atoms with Gasteiger partial charge in [0.25, 0.3) is 0 Å². The number of nitrogens with zero attached hydrogens (tertiary/aromatic N) is 1. The predicted molar refractivity (Wildman–Crippen MR) is 83.4 cm³/mol. The topological polar surface area (TPSA) is 66.5 Å². The third-order valence-corrected chi connectivity index (χ3v) is 5.45. The summed E-state index contributed by atoms with van der Waals surface area (Å²) in [6, 6.07) is 0.796. The Kier molecular flexibility index (Phi) is 5.66. The Balaban J connectivity index is 1.85. The number of carbonyl (C=O) groups is 1. The Morgan fingerprint density at radius 2 is 1.62 bits per heavy atom. The van der Waals surface area contributed by atoms with Gasteiger partial charge in [0.1, 0.15) is 0 Å². The average molecular weight is 316 g/mol. The van der Waals surface area contributed by atoms with Gasteiger partial charge >= 0.3 is 0 Å². The molecule has 6 heteroatoms. The molecule has 0 bridgehead atoms. The number of hydrogen-bond acceptors (Lipinski definition) is 3. The van der Waals surface area contributed by atoms with Crippen molar-refractivity contribution < 1.29 is 13.2 Å². The standard InChI is InChI=1S/C15H28N2O3S/c1-3-12-4-6-13(7-5-12)17(14-8-9-14)15(18)10-11-16-21(2,19)20/h12-14,16H,3-11H2,1-2H3. The van der Waals surface area contributed by atoms with Crippen LogP contribution >= 0.6 is 0 Å². The molecule has 0 aromatic rings. The monoisotopic (exact) mass is 316 g/mol. The van der Waals surface area contributed by atoms with Gasteiger partial charge in [-0.15, -0.1) is 0 Å². The van der Waals surface area contributed by atoms with E-state index >= 15 is 0 Å². The van der Waals surface area contributed by atoms with Crippen LogP contribution in [-0.4, -0.2) is 44.1 Å². The van der Waals surface area contributed by atoms with Crippen LogP contribution in [0.2, 0.25) is 0 Å². The fourth-order valence-electron chi connectivity index (χ4n) is 3.36. The molecule has 2 saturated carbocycles. The van der Waals surface area contributed by atoms with Crippen LogP contribution in [0.5, 0.6) is 0 Å². The van der Waals surface area contributed by atoms with Crippen molar-refractivity contribution in [2.75, 3.05) is 12.8 Å². The molecule has 0 unspecified atom stereocenters. The fourth-order valence-corrected chi connectivity index (χ4v) is 3.83. The van der Waals surface area contributed by atoms with Gasteiger partial charge in [-0.3, -0.25) is 4.79 Å². The first-order chi connectivity index (χ1) is 9.90.